The van der Waals surface area contributed by atoms with Crippen molar-refractivity contribution in [2.24, 2.45) is 0 Å². The average molecular weight is 215 g/mol. The van der Waals surface area contributed by atoms with Gasteiger partial charge in [0.2, 0.25) is 0 Å². The van der Waals surface area contributed by atoms with Gasteiger partial charge in [0.05, 0.1) is 0 Å². The van der Waals surface area contributed by atoms with Crippen LogP contribution in [0.3, 0.4) is 0 Å². The normalized spacial score (nSPS) is 31.3. The summed E-state index contributed by atoms with van der Waals surface area (Å²) < 4.78 is 0.145. The lowest BCUT2D eigenvalue weighted by Gasteiger charge is -2.46. The molecule has 0 radical (unpaired) electrons. The van der Waals surface area contributed by atoms with Crippen molar-refractivity contribution in [2.75, 3.05) is 6.54 Å². The van der Waals surface area contributed by atoms with Crippen molar-refractivity contribution in [3.05, 3.63) is 0 Å². The van der Waals surface area contributed by atoms with Crippen LogP contribution >= 0.6 is 0 Å². The highest BCUT2D eigenvalue weighted by molar-refractivity contribution is 5.64. The summed E-state index contributed by atoms with van der Waals surface area (Å²) >= 11 is 0. The highest BCUT2D eigenvalue weighted by atomic mass is 16.4. The number of carbonyl (C=O) groups is 2. The third-order valence-corrected chi connectivity index (χ3v) is 3.23. The standard InChI is InChI=1S/C10H18N2O3/c1-10(2,3)12(11-9(14)15)6-4-5-8(12)7-13/h7-8,11H,4-6H2,1-3H3/p+1. The van der Waals surface area contributed by atoms with E-state index >= 15 is 0 Å². The number of carbonyl (C=O) groups excluding carboxylic acids is 1. The summed E-state index contributed by atoms with van der Waals surface area (Å²) in [4.78, 5) is 21.8. The van der Waals surface area contributed by atoms with E-state index in [1.807, 2.05) is 20.8 Å². The highest BCUT2D eigenvalue weighted by Gasteiger charge is 2.52. The van der Waals surface area contributed by atoms with Crippen molar-refractivity contribution in [2.45, 2.75) is 45.2 Å². The fourth-order valence-corrected chi connectivity index (χ4v) is 2.42. The predicted octanol–water partition coefficient (Wildman–Crippen LogP) is 1.15. The molecule has 2 unspecified atom stereocenters. The number of amides is 1. The first-order valence-corrected chi connectivity index (χ1v) is 5.18. The van der Waals surface area contributed by atoms with E-state index < -0.39 is 6.09 Å². The molecular weight excluding hydrogens is 196 g/mol. The minimum absolute atomic E-state index is 0.145. The monoisotopic (exact) mass is 215 g/mol. The van der Waals surface area contributed by atoms with Crippen LogP contribution < -0.4 is 5.43 Å². The lowest BCUT2D eigenvalue weighted by molar-refractivity contribution is -1.00. The molecule has 1 saturated heterocycles. The number of aldehydes is 1. The van der Waals surface area contributed by atoms with Gasteiger partial charge < -0.3 is 5.11 Å². The summed E-state index contributed by atoms with van der Waals surface area (Å²) in [7, 11) is 0. The molecule has 0 saturated carbocycles. The number of hydrogen-bond acceptors (Lipinski definition) is 2. The van der Waals surface area contributed by atoms with E-state index in [4.69, 9.17) is 5.11 Å². The van der Waals surface area contributed by atoms with Crippen LogP contribution in [0.25, 0.3) is 0 Å². The molecule has 2 N–H and O–H groups in total. The van der Waals surface area contributed by atoms with E-state index in [-0.39, 0.29) is 16.2 Å². The first-order valence-electron chi connectivity index (χ1n) is 5.18. The van der Waals surface area contributed by atoms with Crippen molar-refractivity contribution in [3.8, 4) is 0 Å². The van der Waals surface area contributed by atoms with E-state index in [2.05, 4.69) is 5.43 Å². The van der Waals surface area contributed by atoms with Crippen LogP contribution in [0.4, 0.5) is 4.79 Å². The van der Waals surface area contributed by atoms with Gasteiger partial charge in [-0.05, 0) is 20.8 Å². The van der Waals surface area contributed by atoms with Crippen LogP contribution in [-0.2, 0) is 4.79 Å². The smallest absolute Gasteiger partial charge is 0.449 e. The Morgan fingerprint density at radius 3 is 2.53 bits per heavy atom. The zero-order valence-electron chi connectivity index (χ0n) is 9.49. The van der Waals surface area contributed by atoms with E-state index in [0.717, 1.165) is 19.1 Å². The first kappa shape index (κ1) is 12.0. The second-order valence-corrected chi connectivity index (χ2v) is 5.03. The van der Waals surface area contributed by atoms with Crippen LogP contribution in [0.2, 0.25) is 0 Å². The van der Waals surface area contributed by atoms with Gasteiger partial charge in [0.25, 0.3) is 0 Å². The zero-order valence-corrected chi connectivity index (χ0v) is 9.49. The summed E-state index contributed by atoms with van der Waals surface area (Å²) in [6, 6.07) is -0.263. The Labute approximate surface area is 89.6 Å². The molecule has 1 fully saturated rings. The van der Waals surface area contributed by atoms with Gasteiger partial charge in [-0.1, -0.05) is 0 Å². The minimum atomic E-state index is -1.07. The minimum Gasteiger partial charge on any atom is -0.462 e. The molecule has 15 heavy (non-hydrogen) atoms. The fraction of sp³-hybridized carbons (Fsp3) is 0.800. The lowest BCUT2D eigenvalue weighted by atomic mass is 10.0. The van der Waals surface area contributed by atoms with E-state index in [9.17, 15) is 9.59 Å². The van der Waals surface area contributed by atoms with E-state index in [1.165, 1.54) is 0 Å². The summed E-state index contributed by atoms with van der Waals surface area (Å²) in [5.74, 6) is 0. The topological polar surface area (TPSA) is 66.4 Å². The Balaban J connectivity index is 3.05. The van der Waals surface area contributed by atoms with Gasteiger partial charge in [0.1, 0.15) is 12.1 Å². The van der Waals surface area contributed by atoms with Gasteiger partial charge in [0, 0.05) is 12.8 Å². The molecule has 0 aromatic carbocycles. The predicted molar refractivity (Wildman–Crippen MR) is 55.1 cm³/mol. The van der Waals surface area contributed by atoms with Crippen molar-refractivity contribution in [1.29, 1.82) is 0 Å². The fourth-order valence-electron chi connectivity index (χ4n) is 2.42. The molecule has 1 amide bonds. The number of quaternary nitrogens is 1. The van der Waals surface area contributed by atoms with Crippen molar-refractivity contribution >= 4 is 12.4 Å². The summed E-state index contributed by atoms with van der Waals surface area (Å²) in [5.41, 5.74) is 2.21. The Kier molecular flexibility index (Phi) is 3.04. The SMILES string of the molecule is CC(C)(C)[N+]1(NC(=O)O)CCCC1C=O. The number of nitrogens with one attached hydrogen (secondary N) is 1. The van der Waals surface area contributed by atoms with Gasteiger partial charge in [-0.3, -0.25) is 4.79 Å². The quantitative estimate of drug-likeness (QED) is 0.536. The second-order valence-electron chi connectivity index (χ2n) is 5.03. The van der Waals surface area contributed by atoms with Crippen LogP contribution in [0.1, 0.15) is 33.6 Å². The number of rotatable bonds is 2. The van der Waals surface area contributed by atoms with Crippen LogP contribution in [0.5, 0.6) is 0 Å². The molecular formula is C10H19N2O3+. The molecule has 1 rings (SSSR count). The van der Waals surface area contributed by atoms with Gasteiger partial charge in [-0.15, -0.1) is 0 Å². The third kappa shape index (κ3) is 1.97. The molecule has 1 aliphatic heterocycles. The molecule has 0 aliphatic carbocycles. The van der Waals surface area contributed by atoms with Gasteiger partial charge in [-0.25, -0.2) is 9.39 Å². The molecule has 0 spiro atoms. The molecule has 0 aromatic heterocycles. The number of likely N-dealkylation sites (tertiary alicyclic amines) is 1. The zero-order chi connectivity index (χ0) is 11.7. The maximum Gasteiger partial charge on any atom is 0.449 e. The molecule has 5 heteroatoms. The Morgan fingerprint density at radius 1 is 1.53 bits per heavy atom. The largest absolute Gasteiger partial charge is 0.462 e. The maximum atomic E-state index is 11.0. The van der Waals surface area contributed by atoms with E-state index in [1.54, 1.807) is 0 Å². The maximum absolute atomic E-state index is 11.0. The number of hydrogen-bond donors (Lipinski definition) is 2. The van der Waals surface area contributed by atoms with E-state index in [0.29, 0.717) is 6.54 Å². The average Bonchev–Trinajstić information content (AvgIpc) is 2.46. The van der Waals surface area contributed by atoms with Gasteiger partial charge >= 0.3 is 6.09 Å². The summed E-state index contributed by atoms with van der Waals surface area (Å²) in [6.45, 7) is 6.53. The van der Waals surface area contributed by atoms with Gasteiger partial charge in [0.15, 0.2) is 12.3 Å². The number of nitrogens with zero attached hydrogens (tertiary/aromatic N) is 1. The molecule has 0 aromatic rings. The van der Waals surface area contributed by atoms with Crippen molar-refractivity contribution in [1.82, 2.24) is 5.43 Å². The molecule has 1 heterocycles. The Morgan fingerprint density at radius 2 is 2.13 bits per heavy atom. The summed E-state index contributed by atoms with van der Waals surface area (Å²) in [6.07, 6.45) is 1.43. The van der Waals surface area contributed by atoms with Crippen molar-refractivity contribution < 1.29 is 19.3 Å². The Hall–Kier alpha value is -1.10. The van der Waals surface area contributed by atoms with Crippen molar-refractivity contribution in [3.63, 3.8) is 0 Å². The summed E-state index contributed by atoms with van der Waals surface area (Å²) in [5, 5.41) is 8.87. The molecule has 1 aliphatic rings. The molecule has 2 atom stereocenters. The highest BCUT2D eigenvalue weighted by Crippen LogP contribution is 2.33. The third-order valence-electron chi connectivity index (χ3n) is 3.23. The van der Waals surface area contributed by atoms with Crippen LogP contribution in [-0.4, -0.2) is 40.2 Å². The lowest BCUT2D eigenvalue weighted by Crippen LogP contribution is -2.71. The number of carboxylic acid groups (broad SMARTS) is 1. The van der Waals surface area contributed by atoms with Crippen LogP contribution in [0.15, 0.2) is 0 Å². The first-order chi connectivity index (χ1) is 6.83. The Bertz CT molecular complexity index is 272. The van der Waals surface area contributed by atoms with Crippen LogP contribution in [0, 0.1) is 0 Å². The second kappa shape index (κ2) is 3.81. The molecule has 0 bridgehead atoms. The molecule has 5 nitrogen and oxygen atoms in total. The van der Waals surface area contributed by atoms with Gasteiger partial charge in [-0.2, -0.15) is 5.43 Å². The molecule has 86 valence electrons.